The standard InChI is InChI=1S/C8H10BrN3O2/c9-7-5-6(12(13)14)1-2-8(7)11-4-3-10/h1-2,5,11H,3-4,10H2. The first kappa shape index (κ1) is 10.9. The molecule has 0 amide bonds. The lowest BCUT2D eigenvalue weighted by Crippen LogP contribution is -2.13. The number of nitrogens with two attached hydrogens (primary N) is 1. The molecule has 1 rings (SSSR count). The molecular formula is C8H10BrN3O2. The van der Waals surface area contributed by atoms with Crippen molar-refractivity contribution in [1.82, 2.24) is 0 Å². The minimum Gasteiger partial charge on any atom is -0.383 e. The molecule has 0 unspecified atom stereocenters. The highest BCUT2D eigenvalue weighted by molar-refractivity contribution is 9.10. The van der Waals surface area contributed by atoms with Crippen LogP contribution in [0.2, 0.25) is 0 Å². The van der Waals surface area contributed by atoms with Gasteiger partial charge in [0, 0.05) is 35.4 Å². The van der Waals surface area contributed by atoms with Crippen LogP contribution < -0.4 is 11.1 Å². The van der Waals surface area contributed by atoms with Gasteiger partial charge in [0.05, 0.1) is 4.92 Å². The van der Waals surface area contributed by atoms with Crippen molar-refractivity contribution in [3.8, 4) is 0 Å². The highest BCUT2D eigenvalue weighted by Gasteiger charge is 2.07. The van der Waals surface area contributed by atoms with Crippen molar-refractivity contribution < 1.29 is 4.92 Å². The van der Waals surface area contributed by atoms with Crippen molar-refractivity contribution in [2.75, 3.05) is 18.4 Å². The number of halogens is 1. The van der Waals surface area contributed by atoms with Gasteiger partial charge in [0.2, 0.25) is 0 Å². The Bertz CT molecular complexity index is 343. The zero-order valence-corrected chi connectivity index (χ0v) is 8.95. The predicted molar refractivity (Wildman–Crippen MR) is 58.3 cm³/mol. The minimum absolute atomic E-state index is 0.0650. The van der Waals surface area contributed by atoms with Gasteiger partial charge in [0.15, 0.2) is 0 Å². The van der Waals surface area contributed by atoms with Gasteiger partial charge in [0.1, 0.15) is 0 Å². The first-order valence-corrected chi connectivity index (χ1v) is 4.82. The lowest BCUT2D eigenvalue weighted by molar-refractivity contribution is -0.384. The molecule has 0 saturated carbocycles. The summed E-state index contributed by atoms with van der Waals surface area (Å²) in [5.74, 6) is 0. The first-order valence-electron chi connectivity index (χ1n) is 4.03. The molecule has 3 N–H and O–H groups in total. The Balaban J connectivity index is 2.84. The summed E-state index contributed by atoms with van der Waals surface area (Å²) in [7, 11) is 0. The zero-order chi connectivity index (χ0) is 10.6. The molecule has 6 heteroatoms. The molecule has 0 aliphatic carbocycles. The lowest BCUT2D eigenvalue weighted by atomic mass is 10.3. The largest absolute Gasteiger partial charge is 0.383 e. The maximum Gasteiger partial charge on any atom is 0.270 e. The number of hydrogen-bond acceptors (Lipinski definition) is 4. The first-order chi connectivity index (χ1) is 6.65. The molecule has 0 bridgehead atoms. The smallest absolute Gasteiger partial charge is 0.270 e. The van der Waals surface area contributed by atoms with Gasteiger partial charge in [-0.1, -0.05) is 0 Å². The number of rotatable bonds is 4. The molecule has 0 aliphatic rings. The highest BCUT2D eigenvalue weighted by atomic mass is 79.9. The molecule has 14 heavy (non-hydrogen) atoms. The topological polar surface area (TPSA) is 81.2 Å². The maximum atomic E-state index is 10.4. The van der Waals surface area contributed by atoms with Crippen molar-refractivity contribution >= 4 is 27.3 Å². The molecule has 0 heterocycles. The van der Waals surface area contributed by atoms with Gasteiger partial charge in [-0.2, -0.15) is 0 Å². The fraction of sp³-hybridized carbons (Fsp3) is 0.250. The number of nitro benzene ring substituents is 1. The quantitative estimate of drug-likeness (QED) is 0.638. The lowest BCUT2D eigenvalue weighted by Gasteiger charge is -2.06. The summed E-state index contributed by atoms with van der Waals surface area (Å²) < 4.78 is 0.667. The van der Waals surface area contributed by atoms with Crippen molar-refractivity contribution in [3.63, 3.8) is 0 Å². The fourth-order valence-electron chi connectivity index (χ4n) is 0.968. The normalized spacial score (nSPS) is 9.86. The van der Waals surface area contributed by atoms with E-state index < -0.39 is 4.92 Å². The number of non-ortho nitro benzene ring substituents is 1. The third kappa shape index (κ3) is 2.68. The summed E-state index contributed by atoms with van der Waals surface area (Å²) in [5.41, 5.74) is 6.19. The Hall–Kier alpha value is -1.14. The Morgan fingerprint density at radius 2 is 2.29 bits per heavy atom. The van der Waals surface area contributed by atoms with Crippen molar-refractivity contribution in [2.24, 2.45) is 5.73 Å². The van der Waals surface area contributed by atoms with E-state index in [9.17, 15) is 10.1 Å². The van der Waals surface area contributed by atoms with Crippen LogP contribution in [0.15, 0.2) is 22.7 Å². The second kappa shape index (κ2) is 4.92. The van der Waals surface area contributed by atoms with Gasteiger partial charge >= 0.3 is 0 Å². The van der Waals surface area contributed by atoms with Crippen LogP contribution in [0.5, 0.6) is 0 Å². The molecule has 0 atom stereocenters. The molecule has 0 aromatic heterocycles. The third-order valence-corrected chi connectivity index (χ3v) is 2.28. The van der Waals surface area contributed by atoms with Crippen LogP contribution in [-0.4, -0.2) is 18.0 Å². The number of nitro groups is 1. The van der Waals surface area contributed by atoms with Crippen molar-refractivity contribution in [3.05, 3.63) is 32.8 Å². The van der Waals surface area contributed by atoms with Crippen LogP contribution in [0.25, 0.3) is 0 Å². The maximum absolute atomic E-state index is 10.4. The summed E-state index contributed by atoms with van der Waals surface area (Å²) >= 11 is 3.24. The Morgan fingerprint density at radius 3 is 2.79 bits per heavy atom. The van der Waals surface area contributed by atoms with E-state index >= 15 is 0 Å². The minimum atomic E-state index is -0.433. The SMILES string of the molecule is NCCNc1ccc([N+](=O)[O-])cc1Br. The van der Waals surface area contributed by atoms with Crippen molar-refractivity contribution in [1.29, 1.82) is 0 Å². The van der Waals surface area contributed by atoms with E-state index in [0.717, 1.165) is 5.69 Å². The number of nitrogens with zero attached hydrogens (tertiary/aromatic N) is 1. The molecule has 5 nitrogen and oxygen atoms in total. The monoisotopic (exact) mass is 259 g/mol. The Labute approximate surface area is 89.6 Å². The molecule has 76 valence electrons. The predicted octanol–water partition coefficient (Wildman–Crippen LogP) is 1.73. The average molecular weight is 260 g/mol. The molecule has 0 aliphatic heterocycles. The van der Waals surface area contributed by atoms with Gasteiger partial charge in [0.25, 0.3) is 5.69 Å². The van der Waals surface area contributed by atoms with Crippen LogP contribution >= 0.6 is 15.9 Å². The number of benzene rings is 1. The van der Waals surface area contributed by atoms with Crippen LogP contribution in [0.4, 0.5) is 11.4 Å². The molecule has 0 fully saturated rings. The number of hydrogen-bond donors (Lipinski definition) is 2. The Morgan fingerprint density at radius 1 is 1.57 bits per heavy atom. The molecular weight excluding hydrogens is 250 g/mol. The molecule has 1 aromatic rings. The van der Waals surface area contributed by atoms with E-state index in [0.29, 0.717) is 17.6 Å². The average Bonchev–Trinajstić information content (AvgIpc) is 2.15. The van der Waals surface area contributed by atoms with Crippen LogP contribution in [0.1, 0.15) is 0 Å². The summed E-state index contributed by atoms with van der Waals surface area (Å²) in [6.07, 6.45) is 0. The van der Waals surface area contributed by atoms with Crippen LogP contribution in [-0.2, 0) is 0 Å². The van der Waals surface area contributed by atoms with E-state index in [2.05, 4.69) is 21.2 Å². The summed E-state index contributed by atoms with van der Waals surface area (Å²) in [6, 6.07) is 4.56. The second-order valence-electron chi connectivity index (χ2n) is 2.64. The van der Waals surface area contributed by atoms with Gasteiger partial charge < -0.3 is 11.1 Å². The van der Waals surface area contributed by atoms with Crippen LogP contribution in [0.3, 0.4) is 0 Å². The zero-order valence-electron chi connectivity index (χ0n) is 7.37. The number of nitrogens with one attached hydrogen (secondary N) is 1. The van der Waals surface area contributed by atoms with E-state index in [-0.39, 0.29) is 5.69 Å². The van der Waals surface area contributed by atoms with E-state index in [1.165, 1.54) is 12.1 Å². The molecule has 0 spiro atoms. The van der Waals surface area contributed by atoms with Gasteiger partial charge in [-0.25, -0.2) is 0 Å². The van der Waals surface area contributed by atoms with Gasteiger partial charge in [-0.3, -0.25) is 10.1 Å². The summed E-state index contributed by atoms with van der Waals surface area (Å²) in [6.45, 7) is 1.15. The van der Waals surface area contributed by atoms with E-state index in [1.807, 2.05) is 0 Å². The highest BCUT2D eigenvalue weighted by Crippen LogP contribution is 2.26. The van der Waals surface area contributed by atoms with E-state index in [1.54, 1.807) is 6.07 Å². The fourth-order valence-corrected chi connectivity index (χ4v) is 1.47. The second-order valence-corrected chi connectivity index (χ2v) is 3.49. The third-order valence-electron chi connectivity index (χ3n) is 1.62. The Kier molecular flexibility index (Phi) is 3.84. The summed E-state index contributed by atoms with van der Waals surface area (Å²) in [5, 5.41) is 13.5. The molecule has 0 radical (unpaired) electrons. The van der Waals surface area contributed by atoms with Gasteiger partial charge in [-0.05, 0) is 22.0 Å². The van der Waals surface area contributed by atoms with Crippen molar-refractivity contribution in [2.45, 2.75) is 0 Å². The molecule has 1 aromatic carbocycles. The number of anilines is 1. The summed E-state index contributed by atoms with van der Waals surface area (Å²) in [4.78, 5) is 9.99. The van der Waals surface area contributed by atoms with Gasteiger partial charge in [-0.15, -0.1) is 0 Å². The van der Waals surface area contributed by atoms with Crippen LogP contribution in [0, 0.1) is 10.1 Å². The molecule has 0 saturated heterocycles. The van der Waals surface area contributed by atoms with E-state index in [4.69, 9.17) is 5.73 Å².